The summed E-state index contributed by atoms with van der Waals surface area (Å²) in [6, 6.07) is 10.9. The molecular formula is C21H25ClFN3O4S. The fraction of sp³-hybridized carbons (Fsp3) is 0.333. The molecule has 0 aromatic heterocycles. The van der Waals surface area contributed by atoms with Gasteiger partial charge in [0.25, 0.3) is 0 Å². The van der Waals surface area contributed by atoms with E-state index in [9.17, 15) is 22.4 Å². The Morgan fingerprint density at radius 3 is 2.29 bits per heavy atom. The van der Waals surface area contributed by atoms with Gasteiger partial charge >= 0.3 is 0 Å². The molecule has 7 nitrogen and oxygen atoms in total. The summed E-state index contributed by atoms with van der Waals surface area (Å²) in [5, 5.41) is 3.04. The highest BCUT2D eigenvalue weighted by molar-refractivity contribution is 7.92. The summed E-state index contributed by atoms with van der Waals surface area (Å²) in [5.41, 5.74) is 0.459. The minimum Gasteiger partial charge on any atom is -0.355 e. The fourth-order valence-corrected chi connectivity index (χ4v) is 3.91. The SMILES string of the molecule is CCNC(=O)[C@H](C)N(Cc1ccccc1F)C(=O)CN(c1ccc(Cl)cc1)S(C)(=O)=O. The lowest BCUT2D eigenvalue weighted by Crippen LogP contribution is -2.51. The summed E-state index contributed by atoms with van der Waals surface area (Å²) in [5.74, 6) is -1.60. The molecule has 0 unspecified atom stereocenters. The third-order valence-electron chi connectivity index (χ3n) is 4.61. The van der Waals surface area contributed by atoms with Gasteiger partial charge in [-0.2, -0.15) is 0 Å². The fourth-order valence-electron chi connectivity index (χ4n) is 2.94. The standard InChI is InChI=1S/C21H25ClFN3O4S/c1-4-24-21(28)15(2)25(13-16-7-5-6-8-19(16)23)20(27)14-26(31(3,29)30)18-11-9-17(22)10-12-18/h5-12,15H,4,13-14H2,1-3H3,(H,24,28)/t15-/m0/s1. The molecule has 0 saturated heterocycles. The number of carbonyl (C=O) groups is 2. The first-order chi connectivity index (χ1) is 14.5. The minimum atomic E-state index is -3.83. The van der Waals surface area contributed by atoms with Crippen LogP contribution in [0, 0.1) is 5.82 Å². The topological polar surface area (TPSA) is 86.8 Å². The van der Waals surface area contributed by atoms with E-state index >= 15 is 0 Å². The monoisotopic (exact) mass is 469 g/mol. The van der Waals surface area contributed by atoms with Crippen molar-refractivity contribution >= 4 is 39.1 Å². The predicted molar refractivity (Wildman–Crippen MR) is 119 cm³/mol. The van der Waals surface area contributed by atoms with E-state index in [0.717, 1.165) is 15.5 Å². The van der Waals surface area contributed by atoms with Gasteiger partial charge in [0, 0.05) is 23.7 Å². The molecule has 0 aliphatic heterocycles. The van der Waals surface area contributed by atoms with Gasteiger partial charge in [-0.05, 0) is 44.2 Å². The maximum Gasteiger partial charge on any atom is 0.244 e. The number of rotatable bonds is 9. The molecule has 168 valence electrons. The Balaban J connectivity index is 2.38. The molecule has 2 aromatic carbocycles. The Kier molecular flexibility index (Phi) is 8.41. The lowest BCUT2D eigenvalue weighted by Gasteiger charge is -2.31. The second-order valence-electron chi connectivity index (χ2n) is 6.93. The van der Waals surface area contributed by atoms with Crippen LogP contribution in [0.4, 0.5) is 10.1 Å². The molecule has 0 heterocycles. The number of anilines is 1. The van der Waals surface area contributed by atoms with Gasteiger partial charge in [0.1, 0.15) is 18.4 Å². The van der Waals surface area contributed by atoms with Gasteiger partial charge in [-0.15, -0.1) is 0 Å². The lowest BCUT2D eigenvalue weighted by atomic mass is 10.1. The van der Waals surface area contributed by atoms with Crippen molar-refractivity contribution in [2.45, 2.75) is 26.4 Å². The molecule has 1 N–H and O–H groups in total. The van der Waals surface area contributed by atoms with Crippen LogP contribution in [-0.4, -0.2) is 50.5 Å². The normalized spacial score (nSPS) is 12.2. The summed E-state index contributed by atoms with van der Waals surface area (Å²) in [7, 11) is -3.83. The van der Waals surface area contributed by atoms with Crippen molar-refractivity contribution in [3.63, 3.8) is 0 Å². The lowest BCUT2D eigenvalue weighted by molar-refractivity contribution is -0.139. The van der Waals surface area contributed by atoms with Gasteiger partial charge in [0.2, 0.25) is 21.8 Å². The summed E-state index contributed by atoms with van der Waals surface area (Å²) in [4.78, 5) is 26.8. The van der Waals surface area contributed by atoms with Crippen molar-refractivity contribution in [2.24, 2.45) is 0 Å². The second kappa shape index (κ2) is 10.6. The quantitative estimate of drug-likeness (QED) is 0.611. The molecule has 2 rings (SSSR count). The van der Waals surface area contributed by atoms with Gasteiger partial charge in [0.05, 0.1) is 11.9 Å². The van der Waals surface area contributed by atoms with Crippen LogP contribution in [0.1, 0.15) is 19.4 Å². The maximum atomic E-state index is 14.2. The predicted octanol–water partition coefficient (Wildman–Crippen LogP) is 2.80. The number of sulfonamides is 1. The Bertz CT molecular complexity index is 1030. The minimum absolute atomic E-state index is 0.192. The van der Waals surface area contributed by atoms with Crippen LogP contribution in [-0.2, 0) is 26.2 Å². The molecule has 0 radical (unpaired) electrons. The zero-order chi connectivity index (χ0) is 23.2. The first-order valence-corrected chi connectivity index (χ1v) is 11.8. The highest BCUT2D eigenvalue weighted by Gasteiger charge is 2.30. The molecular weight excluding hydrogens is 445 g/mol. The summed E-state index contributed by atoms with van der Waals surface area (Å²) in [6.07, 6.45) is 0.976. The molecule has 0 spiro atoms. The Hall–Kier alpha value is -2.65. The number of carbonyl (C=O) groups excluding carboxylic acids is 2. The summed E-state index contributed by atoms with van der Waals surface area (Å²) in [6.45, 7) is 2.85. The average Bonchev–Trinajstić information content (AvgIpc) is 2.71. The number of halogens is 2. The smallest absolute Gasteiger partial charge is 0.244 e. The van der Waals surface area contributed by atoms with Gasteiger partial charge in [-0.1, -0.05) is 29.8 Å². The Morgan fingerprint density at radius 1 is 1.13 bits per heavy atom. The Morgan fingerprint density at radius 2 is 1.74 bits per heavy atom. The number of hydrogen-bond acceptors (Lipinski definition) is 4. The maximum absolute atomic E-state index is 14.2. The third kappa shape index (κ3) is 6.67. The van der Waals surface area contributed by atoms with Crippen LogP contribution < -0.4 is 9.62 Å². The van der Waals surface area contributed by atoms with Crippen molar-refractivity contribution in [1.82, 2.24) is 10.2 Å². The van der Waals surface area contributed by atoms with E-state index in [-0.39, 0.29) is 17.8 Å². The van der Waals surface area contributed by atoms with E-state index in [1.807, 2.05) is 0 Å². The largest absolute Gasteiger partial charge is 0.355 e. The first-order valence-electron chi connectivity index (χ1n) is 9.58. The highest BCUT2D eigenvalue weighted by Crippen LogP contribution is 2.21. The van der Waals surface area contributed by atoms with E-state index < -0.39 is 40.2 Å². The molecule has 10 heteroatoms. The van der Waals surface area contributed by atoms with Crippen LogP contribution in [0.3, 0.4) is 0 Å². The number of likely N-dealkylation sites (N-methyl/N-ethyl adjacent to an activating group) is 1. The van der Waals surface area contributed by atoms with E-state index in [2.05, 4.69) is 5.32 Å². The third-order valence-corrected chi connectivity index (χ3v) is 6.00. The molecule has 2 amide bonds. The molecule has 0 aliphatic rings. The van der Waals surface area contributed by atoms with Crippen molar-refractivity contribution in [3.05, 3.63) is 64.9 Å². The average molecular weight is 470 g/mol. The number of benzene rings is 2. The van der Waals surface area contributed by atoms with E-state index in [0.29, 0.717) is 11.6 Å². The highest BCUT2D eigenvalue weighted by atomic mass is 35.5. The zero-order valence-electron chi connectivity index (χ0n) is 17.5. The van der Waals surface area contributed by atoms with Crippen LogP contribution in [0.5, 0.6) is 0 Å². The van der Waals surface area contributed by atoms with Gasteiger partial charge in [0.15, 0.2) is 0 Å². The molecule has 0 fully saturated rings. The van der Waals surface area contributed by atoms with Crippen molar-refractivity contribution < 1.29 is 22.4 Å². The van der Waals surface area contributed by atoms with Crippen LogP contribution in [0.25, 0.3) is 0 Å². The number of nitrogens with zero attached hydrogens (tertiary/aromatic N) is 2. The van der Waals surface area contributed by atoms with E-state index in [1.165, 1.54) is 49.4 Å². The van der Waals surface area contributed by atoms with Crippen molar-refractivity contribution in [2.75, 3.05) is 23.7 Å². The molecule has 31 heavy (non-hydrogen) atoms. The molecule has 1 atom stereocenters. The van der Waals surface area contributed by atoms with Gasteiger partial charge < -0.3 is 10.2 Å². The van der Waals surface area contributed by atoms with Crippen LogP contribution in [0.2, 0.25) is 5.02 Å². The number of nitrogens with one attached hydrogen (secondary N) is 1. The molecule has 2 aromatic rings. The number of amides is 2. The Labute approximate surface area is 186 Å². The van der Waals surface area contributed by atoms with Crippen molar-refractivity contribution in [3.8, 4) is 0 Å². The summed E-state index contributed by atoms with van der Waals surface area (Å²) >= 11 is 5.87. The van der Waals surface area contributed by atoms with Crippen molar-refractivity contribution in [1.29, 1.82) is 0 Å². The van der Waals surface area contributed by atoms with Gasteiger partial charge in [-0.3, -0.25) is 13.9 Å². The molecule has 0 bridgehead atoms. The van der Waals surface area contributed by atoms with Crippen LogP contribution >= 0.6 is 11.6 Å². The molecule has 0 aliphatic carbocycles. The van der Waals surface area contributed by atoms with E-state index in [4.69, 9.17) is 11.6 Å². The number of hydrogen-bond donors (Lipinski definition) is 1. The van der Waals surface area contributed by atoms with Crippen LogP contribution in [0.15, 0.2) is 48.5 Å². The summed E-state index contributed by atoms with van der Waals surface area (Å²) < 4.78 is 39.9. The zero-order valence-corrected chi connectivity index (χ0v) is 19.1. The second-order valence-corrected chi connectivity index (χ2v) is 9.27. The van der Waals surface area contributed by atoms with Gasteiger partial charge in [-0.25, -0.2) is 12.8 Å². The van der Waals surface area contributed by atoms with E-state index in [1.54, 1.807) is 13.0 Å². The first kappa shape index (κ1) is 24.6. The molecule has 0 saturated carbocycles.